The van der Waals surface area contributed by atoms with E-state index < -0.39 is 0 Å². The molecule has 0 spiro atoms. The summed E-state index contributed by atoms with van der Waals surface area (Å²) in [6.45, 7) is 4.81. The summed E-state index contributed by atoms with van der Waals surface area (Å²) >= 11 is 6.03. The second-order valence-electron chi connectivity index (χ2n) is 5.56. The zero-order valence-corrected chi connectivity index (χ0v) is 14.4. The topological polar surface area (TPSA) is 52.7 Å². The molecule has 0 aromatic heterocycles. The normalized spacial score (nSPS) is 10.6. The van der Waals surface area contributed by atoms with Gasteiger partial charge < -0.3 is 15.1 Å². The largest absolute Gasteiger partial charge is 0.334 e. The van der Waals surface area contributed by atoms with Crippen LogP contribution < -0.4 is 5.32 Å². The second-order valence-corrected chi connectivity index (χ2v) is 5.97. The lowest BCUT2D eigenvalue weighted by Crippen LogP contribution is -2.38. The van der Waals surface area contributed by atoms with Crippen molar-refractivity contribution in [1.82, 2.24) is 9.80 Å². The molecular formula is C16H24ClN3O2. The van der Waals surface area contributed by atoms with Crippen LogP contribution in [0.5, 0.6) is 0 Å². The van der Waals surface area contributed by atoms with Crippen LogP contribution in [0.2, 0.25) is 5.02 Å². The van der Waals surface area contributed by atoms with Gasteiger partial charge in [0.25, 0.3) is 0 Å². The quantitative estimate of drug-likeness (QED) is 0.837. The van der Waals surface area contributed by atoms with Gasteiger partial charge in [-0.1, -0.05) is 17.7 Å². The minimum atomic E-state index is -0.217. The predicted octanol–water partition coefficient (Wildman–Crippen LogP) is 2.39. The van der Waals surface area contributed by atoms with Gasteiger partial charge in [-0.3, -0.25) is 9.59 Å². The monoisotopic (exact) mass is 325 g/mol. The Bertz CT molecular complexity index is 532. The van der Waals surface area contributed by atoms with Crippen molar-refractivity contribution in [1.29, 1.82) is 0 Å². The van der Waals surface area contributed by atoms with E-state index >= 15 is 0 Å². The van der Waals surface area contributed by atoms with E-state index in [1.807, 2.05) is 25.9 Å². The van der Waals surface area contributed by atoms with Crippen LogP contribution in [0.25, 0.3) is 0 Å². The van der Waals surface area contributed by atoms with Gasteiger partial charge in [-0.15, -0.1) is 0 Å². The Kier molecular flexibility index (Phi) is 7.35. The van der Waals surface area contributed by atoms with Gasteiger partial charge in [0.1, 0.15) is 0 Å². The molecule has 0 heterocycles. The van der Waals surface area contributed by atoms with E-state index in [1.165, 1.54) is 6.92 Å². The van der Waals surface area contributed by atoms with Crippen LogP contribution in [0.15, 0.2) is 18.2 Å². The Hall–Kier alpha value is -1.59. The molecule has 5 nitrogen and oxygen atoms in total. The van der Waals surface area contributed by atoms with Gasteiger partial charge in [0.2, 0.25) is 11.8 Å². The lowest BCUT2D eigenvalue weighted by molar-refractivity contribution is -0.132. The van der Waals surface area contributed by atoms with E-state index in [0.717, 1.165) is 18.5 Å². The molecule has 0 aliphatic heterocycles. The Morgan fingerprint density at radius 1 is 1.23 bits per heavy atom. The van der Waals surface area contributed by atoms with Gasteiger partial charge in [-0.2, -0.15) is 0 Å². The third-order valence-electron chi connectivity index (χ3n) is 3.35. The summed E-state index contributed by atoms with van der Waals surface area (Å²) in [7, 11) is 3.96. The van der Waals surface area contributed by atoms with Crippen molar-refractivity contribution in [3.8, 4) is 0 Å². The number of anilines is 1. The van der Waals surface area contributed by atoms with Crippen molar-refractivity contribution in [3.63, 3.8) is 0 Å². The van der Waals surface area contributed by atoms with Gasteiger partial charge in [0, 0.05) is 24.2 Å². The van der Waals surface area contributed by atoms with Crippen LogP contribution >= 0.6 is 11.6 Å². The highest BCUT2D eigenvalue weighted by Gasteiger charge is 2.14. The Morgan fingerprint density at radius 3 is 2.50 bits per heavy atom. The SMILES string of the molecule is CC(=O)N(CCCN(C)C)CC(=O)Nc1cccc(Cl)c1C. The van der Waals surface area contributed by atoms with Crippen molar-refractivity contribution < 1.29 is 9.59 Å². The molecule has 0 radical (unpaired) electrons. The minimum absolute atomic E-state index is 0.0503. The number of carbonyl (C=O) groups is 2. The van der Waals surface area contributed by atoms with Gasteiger partial charge in [0.15, 0.2) is 0 Å². The van der Waals surface area contributed by atoms with Crippen LogP contribution in [0.3, 0.4) is 0 Å². The maximum atomic E-state index is 12.1. The van der Waals surface area contributed by atoms with Gasteiger partial charge in [-0.25, -0.2) is 0 Å². The molecule has 1 N–H and O–H groups in total. The Labute approximate surface area is 137 Å². The molecule has 0 aliphatic rings. The number of benzene rings is 1. The summed E-state index contributed by atoms with van der Waals surface area (Å²) in [6, 6.07) is 5.35. The van der Waals surface area contributed by atoms with Crippen LogP contribution in [-0.4, -0.2) is 55.3 Å². The van der Waals surface area contributed by atoms with Crippen molar-refractivity contribution in [3.05, 3.63) is 28.8 Å². The number of amides is 2. The third kappa shape index (κ3) is 6.03. The number of nitrogens with one attached hydrogen (secondary N) is 1. The van der Waals surface area contributed by atoms with Crippen molar-refractivity contribution in [2.45, 2.75) is 20.3 Å². The second kappa shape index (κ2) is 8.76. The highest BCUT2D eigenvalue weighted by molar-refractivity contribution is 6.31. The zero-order valence-electron chi connectivity index (χ0n) is 13.6. The van der Waals surface area contributed by atoms with Crippen LogP contribution in [0.4, 0.5) is 5.69 Å². The molecule has 1 aromatic rings. The molecular weight excluding hydrogens is 302 g/mol. The van der Waals surface area contributed by atoms with E-state index in [0.29, 0.717) is 17.3 Å². The summed E-state index contributed by atoms with van der Waals surface area (Å²) < 4.78 is 0. The molecule has 0 fully saturated rings. The molecule has 0 unspecified atom stereocenters. The molecule has 22 heavy (non-hydrogen) atoms. The molecule has 1 rings (SSSR count). The smallest absolute Gasteiger partial charge is 0.244 e. The van der Waals surface area contributed by atoms with Crippen LogP contribution in [0, 0.1) is 6.92 Å². The van der Waals surface area contributed by atoms with Gasteiger partial charge in [0.05, 0.1) is 6.54 Å². The minimum Gasteiger partial charge on any atom is -0.334 e. The van der Waals surface area contributed by atoms with Gasteiger partial charge >= 0.3 is 0 Å². The fourth-order valence-electron chi connectivity index (χ4n) is 2.03. The molecule has 2 amide bonds. The maximum absolute atomic E-state index is 12.1. The highest BCUT2D eigenvalue weighted by atomic mass is 35.5. The highest BCUT2D eigenvalue weighted by Crippen LogP contribution is 2.22. The first kappa shape index (κ1) is 18.5. The molecule has 0 saturated carbocycles. The average molecular weight is 326 g/mol. The van der Waals surface area contributed by atoms with Crippen molar-refractivity contribution in [2.24, 2.45) is 0 Å². The first-order valence-corrected chi connectivity index (χ1v) is 7.64. The number of rotatable bonds is 7. The zero-order chi connectivity index (χ0) is 16.7. The molecule has 0 saturated heterocycles. The summed E-state index contributed by atoms with van der Waals surface area (Å²) in [5, 5.41) is 3.41. The molecule has 1 aromatic carbocycles. The predicted molar refractivity (Wildman–Crippen MR) is 90.2 cm³/mol. The van der Waals surface area contributed by atoms with E-state index in [9.17, 15) is 9.59 Å². The number of hydrogen-bond donors (Lipinski definition) is 1. The Morgan fingerprint density at radius 2 is 1.91 bits per heavy atom. The first-order valence-electron chi connectivity index (χ1n) is 7.26. The van der Waals surface area contributed by atoms with Crippen LogP contribution in [-0.2, 0) is 9.59 Å². The van der Waals surface area contributed by atoms with E-state index in [-0.39, 0.29) is 18.4 Å². The summed E-state index contributed by atoms with van der Waals surface area (Å²) in [6.07, 6.45) is 0.829. The van der Waals surface area contributed by atoms with E-state index in [1.54, 1.807) is 23.1 Å². The lowest BCUT2D eigenvalue weighted by Gasteiger charge is -2.21. The Balaban J connectivity index is 2.60. The van der Waals surface area contributed by atoms with Crippen molar-refractivity contribution in [2.75, 3.05) is 39.0 Å². The molecule has 0 bridgehead atoms. The number of halogens is 1. The summed E-state index contributed by atoms with van der Waals surface area (Å²) in [5.74, 6) is -0.317. The first-order chi connectivity index (χ1) is 10.3. The maximum Gasteiger partial charge on any atom is 0.244 e. The third-order valence-corrected chi connectivity index (χ3v) is 3.76. The molecule has 0 atom stereocenters. The van der Waals surface area contributed by atoms with Crippen molar-refractivity contribution >= 4 is 29.1 Å². The summed E-state index contributed by atoms with van der Waals surface area (Å²) in [5.41, 5.74) is 1.49. The van der Waals surface area contributed by atoms with E-state index in [4.69, 9.17) is 11.6 Å². The standard InChI is InChI=1S/C16H24ClN3O2/c1-12-14(17)7-5-8-15(12)18-16(22)11-20(13(2)21)10-6-9-19(3)4/h5,7-8H,6,9-11H2,1-4H3,(H,18,22). The van der Waals surface area contributed by atoms with E-state index in [2.05, 4.69) is 5.32 Å². The average Bonchev–Trinajstić information content (AvgIpc) is 2.42. The van der Waals surface area contributed by atoms with Crippen LogP contribution in [0.1, 0.15) is 18.9 Å². The lowest BCUT2D eigenvalue weighted by atomic mass is 10.2. The fraction of sp³-hybridized carbons (Fsp3) is 0.500. The fourth-order valence-corrected chi connectivity index (χ4v) is 2.21. The number of carbonyl (C=O) groups excluding carboxylic acids is 2. The number of nitrogens with zero attached hydrogens (tertiary/aromatic N) is 2. The van der Waals surface area contributed by atoms with Gasteiger partial charge in [-0.05, 0) is 51.7 Å². The molecule has 6 heteroatoms. The number of hydrogen-bond acceptors (Lipinski definition) is 3. The molecule has 122 valence electrons. The summed E-state index contributed by atoms with van der Waals surface area (Å²) in [4.78, 5) is 27.4. The molecule has 0 aliphatic carbocycles.